The van der Waals surface area contributed by atoms with Crippen LogP contribution in [0.2, 0.25) is 0 Å². The maximum atomic E-state index is 12.7. The lowest BCUT2D eigenvalue weighted by atomic mass is 9.73. The number of likely N-dealkylation sites (N-methyl/N-ethyl adjacent to an activating group) is 1. The Bertz CT molecular complexity index is 637. The molecular weight excluding hydrogens is 356 g/mol. The number of nitrogens with one attached hydrogen (secondary N) is 3. The molecule has 2 rings (SSSR count). The fraction of sp³-hybridized carbons (Fsp3) is 0.706. The van der Waals surface area contributed by atoms with Crippen LogP contribution < -0.4 is 16.0 Å². The van der Waals surface area contributed by atoms with E-state index >= 15 is 0 Å². The minimum Gasteiger partial charge on any atom is -0.454 e. The maximum absolute atomic E-state index is 12.7. The lowest BCUT2D eigenvalue weighted by Crippen LogP contribution is -2.54. The first kappa shape index (κ1) is 20.7. The van der Waals surface area contributed by atoms with Gasteiger partial charge in [-0.1, -0.05) is 19.8 Å². The Labute approximate surface area is 157 Å². The summed E-state index contributed by atoms with van der Waals surface area (Å²) in [5.74, 6) is -2.30. The highest BCUT2D eigenvalue weighted by Gasteiger charge is 2.55. The molecule has 27 heavy (non-hydrogen) atoms. The largest absolute Gasteiger partial charge is 0.454 e. The Morgan fingerprint density at radius 1 is 1.22 bits per heavy atom. The van der Waals surface area contributed by atoms with Gasteiger partial charge < -0.3 is 20.7 Å². The van der Waals surface area contributed by atoms with Crippen molar-refractivity contribution < 1.29 is 28.7 Å². The Morgan fingerprint density at radius 2 is 1.96 bits per heavy atom. The molecule has 1 aliphatic heterocycles. The molecule has 1 spiro atoms. The van der Waals surface area contributed by atoms with Gasteiger partial charge in [0.15, 0.2) is 6.61 Å². The summed E-state index contributed by atoms with van der Waals surface area (Å²) in [5, 5.41) is 7.54. The number of hydrogen-bond acceptors (Lipinski definition) is 6. The number of urea groups is 1. The Hall–Kier alpha value is -2.65. The van der Waals surface area contributed by atoms with Crippen LogP contribution in [0.5, 0.6) is 0 Å². The minimum absolute atomic E-state index is 0.0104. The highest BCUT2D eigenvalue weighted by molar-refractivity contribution is 6.09. The van der Waals surface area contributed by atoms with E-state index in [4.69, 9.17) is 4.74 Å². The van der Waals surface area contributed by atoms with Gasteiger partial charge >= 0.3 is 12.0 Å². The lowest BCUT2D eigenvalue weighted by molar-refractivity contribution is -0.151. The molecule has 150 valence electrons. The summed E-state index contributed by atoms with van der Waals surface area (Å²) in [7, 11) is 0. The minimum atomic E-state index is -0.945. The van der Waals surface area contributed by atoms with Gasteiger partial charge in [0.05, 0.1) is 6.54 Å². The molecule has 0 unspecified atom stereocenters. The van der Waals surface area contributed by atoms with Gasteiger partial charge in [-0.2, -0.15) is 0 Å². The van der Waals surface area contributed by atoms with Crippen molar-refractivity contribution in [3.63, 3.8) is 0 Å². The third-order valence-electron chi connectivity index (χ3n) is 4.97. The zero-order valence-corrected chi connectivity index (χ0v) is 15.6. The second-order valence-corrected chi connectivity index (χ2v) is 6.83. The van der Waals surface area contributed by atoms with Crippen molar-refractivity contribution in [3.8, 4) is 0 Å². The number of carbonyl (C=O) groups is 5. The number of imide groups is 1. The van der Waals surface area contributed by atoms with Crippen molar-refractivity contribution in [3.05, 3.63) is 0 Å². The van der Waals surface area contributed by atoms with E-state index in [2.05, 4.69) is 16.0 Å². The smallest absolute Gasteiger partial charge is 0.326 e. The van der Waals surface area contributed by atoms with E-state index in [9.17, 15) is 24.0 Å². The van der Waals surface area contributed by atoms with E-state index in [0.29, 0.717) is 13.0 Å². The molecule has 5 amide bonds. The molecule has 10 nitrogen and oxygen atoms in total. The van der Waals surface area contributed by atoms with Gasteiger partial charge in [-0.15, -0.1) is 0 Å². The van der Waals surface area contributed by atoms with E-state index in [1.54, 1.807) is 6.92 Å². The molecule has 0 aromatic rings. The molecule has 10 heteroatoms. The molecule has 1 heterocycles. The van der Waals surface area contributed by atoms with Gasteiger partial charge in [0.2, 0.25) is 5.91 Å². The lowest BCUT2D eigenvalue weighted by Gasteiger charge is -2.36. The third-order valence-corrected chi connectivity index (χ3v) is 4.97. The first-order chi connectivity index (χ1) is 12.8. The molecule has 3 N–H and O–H groups in total. The van der Waals surface area contributed by atoms with E-state index < -0.39 is 42.5 Å². The molecule has 0 bridgehead atoms. The Balaban J connectivity index is 1.81. The highest BCUT2D eigenvalue weighted by atomic mass is 16.5. The molecule has 0 aromatic heterocycles. The maximum Gasteiger partial charge on any atom is 0.326 e. The van der Waals surface area contributed by atoms with E-state index in [0.717, 1.165) is 24.2 Å². The van der Waals surface area contributed by atoms with E-state index in [-0.39, 0.29) is 18.4 Å². The van der Waals surface area contributed by atoms with Crippen LogP contribution in [-0.2, 0) is 23.9 Å². The second kappa shape index (κ2) is 8.83. The zero-order chi connectivity index (χ0) is 20.0. The molecule has 0 radical (unpaired) electrons. The fourth-order valence-electron chi connectivity index (χ4n) is 3.45. The molecular formula is C17H26N4O6. The number of hydrogen-bond donors (Lipinski definition) is 3. The quantitative estimate of drug-likeness (QED) is 0.393. The molecule has 2 atom stereocenters. The van der Waals surface area contributed by atoms with Crippen molar-refractivity contribution >= 4 is 29.7 Å². The van der Waals surface area contributed by atoms with Crippen LogP contribution in [0.3, 0.4) is 0 Å². The van der Waals surface area contributed by atoms with Gasteiger partial charge in [0.25, 0.3) is 11.8 Å². The van der Waals surface area contributed by atoms with Crippen molar-refractivity contribution in [2.24, 2.45) is 5.92 Å². The average Bonchev–Trinajstić information content (AvgIpc) is 2.86. The third kappa shape index (κ3) is 4.75. The molecule has 2 aliphatic rings. The monoisotopic (exact) mass is 382 g/mol. The highest BCUT2D eigenvalue weighted by Crippen LogP contribution is 2.38. The van der Waals surface area contributed by atoms with Crippen molar-refractivity contribution in [1.82, 2.24) is 20.9 Å². The van der Waals surface area contributed by atoms with Crippen LogP contribution >= 0.6 is 0 Å². The molecule has 1 aliphatic carbocycles. The SMILES string of the molecule is CCNC(=O)CNC(=O)COC(=O)CN1C(=O)N[C@]2(CCCC[C@H]2C)C1=O. The summed E-state index contributed by atoms with van der Waals surface area (Å²) in [6, 6.07) is -0.619. The van der Waals surface area contributed by atoms with Crippen LogP contribution in [-0.4, -0.2) is 66.4 Å². The topological polar surface area (TPSA) is 134 Å². The van der Waals surface area contributed by atoms with E-state index in [1.165, 1.54) is 0 Å². The molecule has 1 saturated carbocycles. The van der Waals surface area contributed by atoms with Gasteiger partial charge in [-0.05, 0) is 25.7 Å². The fourth-order valence-corrected chi connectivity index (χ4v) is 3.45. The summed E-state index contributed by atoms with van der Waals surface area (Å²) < 4.78 is 4.80. The van der Waals surface area contributed by atoms with Gasteiger partial charge in [0, 0.05) is 6.54 Å². The van der Waals surface area contributed by atoms with E-state index in [1.807, 2.05) is 6.92 Å². The molecule has 2 fully saturated rings. The standard InChI is InChI=1S/C17H26N4O6/c1-3-18-12(22)8-19-13(23)10-27-14(24)9-21-15(25)17(20-16(21)26)7-5-4-6-11(17)2/h11H,3-10H2,1-2H3,(H,18,22)(H,19,23)(H,20,26)/t11-,17+/m1/s1. The van der Waals surface area contributed by atoms with Gasteiger partial charge in [-0.3, -0.25) is 24.1 Å². The number of rotatable bonds is 7. The van der Waals surface area contributed by atoms with Gasteiger partial charge in [-0.25, -0.2) is 4.79 Å². The van der Waals surface area contributed by atoms with Crippen LogP contribution in [0.25, 0.3) is 0 Å². The Morgan fingerprint density at radius 3 is 2.63 bits per heavy atom. The molecule has 1 saturated heterocycles. The predicted octanol–water partition coefficient (Wildman–Crippen LogP) is -0.717. The first-order valence-corrected chi connectivity index (χ1v) is 9.13. The number of amides is 5. The summed E-state index contributed by atoms with van der Waals surface area (Å²) in [5.41, 5.74) is -0.945. The summed E-state index contributed by atoms with van der Waals surface area (Å²) in [4.78, 5) is 60.5. The summed E-state index contributed by atoms with van der Waals surface area (Å²) in [6.45, 7) is 2.73. The van der Waals surface area contributed by atoms with Crippen LogP contribution in [0, 0.1) is 5.92 Å². The van der Waals surface area contributed by atoms with Crippen molar-refractivity contribution in [1.29, 1.82) is 0 Å². The summed E-state index contributed by atoms with van der Waals surface area (Å²) in [6.07, 6.45) is 3.21. The van der Waals surface area contributed by atoms with Crippen LogP contribution in [0.1, 0.15) is 39.5 Å². The number of esters is 1. The second-order valence-electron chi connectivity index (χ2n) is 6.83. The summed E-state index contributed by atoms with van der Waals surface area (Å²) >= 11 is 0. The molecule has 0 aromatic carbocycles. The first-order valence-electron chi connectivity index (χ1n) is 9.13. The van der Waals surface area contributed by atoms with Gasteiger partial charge in [0.1, 0.15) is 12.1 Å². The number of nitrogens with zero attached hydrogens (tertiary/aromatic N) is 1. The Kier molecular flexibility index (Phi) is 6.75. The zero-order valence-electron chi connectivity index (χ0n) is 15.6. The predicted molar refractivity (Wildman–Crippen MR) is 93.3 cm³/mol. The normalized spacial score (nSPS) is 24.5. The van der Waals surface area contributed by atoms with Crippen molar-refractivity contribution in [2.45, 2.75) is 45.1 Å². The number of ether oxygens (including phenoxy) is 1. The van der Waals surface area contributed by atoms with Crippen LogP contribution in [0.15, 0.2) is 0 Å². The van der Waals surface area contributed by atoms with Crippen LogP contribution in [0.4, 0.5) is 4.79 Å². The average molecular weight is 382 g/mol. The van der Waals surface area contributed by atoms with Crippen molar-refractivity contribution in [2.75, 3.05) is 26.2 Å². The number of carbonyl (C=O) groups excluding carboxylic acids is 5.